The molecule has 3 heterocycles. The second-order valence-corrected chi connectivity index (χ2v) is 7.66. The summed E-state index contributed by atoms with van der Waals surface area (Å²) in [4.78, 5) is 50.5. The molecule has 2 N–H and O–H groups in total. The van der Waals surface area contributed by atoms with Crippen LogP contribution >= 0.6 is 0 Å². The Morgan fingerprint density at radius 2 is 1.89 bits per heavy atom. The number of piperidine rings is 2. The van der Waals surface area contributed by atoms with Crippen molar-refractivity contribution in [3.05, 3.63) is 29.3 Å². The largest absolute Gasteiger partial charge is 0.371 e. The van der Waals surface area contributed by atoms with Crippen molar-refractivity contribution < 1.29 is 24.3 Å². The van der Waals surface area contributed by atoms with Gasteiger partial charge in [-0.15, -0.1) is 0 Å². The van der Waals surface area contributed by atoms with Crippen LogP contribution in [0.2, 0.25) is 0 Å². The summed E-state index contributed by atoms with van der Waals surface area (Å²) in [5, 5.41) is 12.9. The molecule has 8 heteroatoms. The summed E-state index contributed by atoms with van der Waals surface area (Å²) in [5.41, 5.74) is 1.77. The summed E-state index contributed by atoms with van der Waals surface area (Å²) in [6.07, 6.45) is 2.56. The van der Waals surface area contributed by atoms with Gasteiger partial charge in [-0.1, -0.05) is 6.07 Å². The molecule has 148 valence electrons. The lowest BCUT2D eigenvalue weighted by molar-refractivity contribution is -0.139. The van der Waals surface area contributed by atoms with Crippen LogP contribution in [0.1, 0.15) is 54.3 Å². The summed E-state index contributed by atoms with van der Waals surface area (Å²) in [6, 6.07) is 4.53. The molecule has 28 heavy (non-hydrogen) atoms. The molecule has 1 aromatic rings. The molecule has 0 radical (unpaired) electrons. The highest BCUT2D eigenvalue weighted by Gasteiger charge is 2.44. The SMILES string of the molecule is O=CCC1CCN(c2ccc3c(c2)C(=O)N(C2CCC(=O)NC2=O)C3O)CC1. The molecule has 3 aliphatic rings. The van der Waals surface area contributed by atoms with Gasteiger partial charge < -0.3 is 14.8 Å². The van der Waals surface area contributed by atoms with Crippen LogP contribution in [0, 0.1) is 5.92 Å². The first-order valence-electron chi connectivity index (χ1n) is 9.66. The minimum Gasteiger partial charge on any atom is -0.371 e. The fraction of sp³-hybridized carbons (Fsp3) is 0.500. The first kappa shape index (κ1) is 18.6. The smallest absolute Gasteiger partial charge is 0.257 e. The highest BCUT2D eigenvalue weighted by atomic mass is 16.3. The van der Waals surface area contributed by atoms with E-state index in [2.05, 4.69) is 10.2 Å². The van der Waals surface area contributed by atoms with Gasteiger partial charge in [0.1, 0.15) is 12.3 Å². The number of aliphatic hydroxyl groups excluding tert-OH is 1. The number of carbonyl (C=O) groups is 4. The van der Waals surface area contributed by atoms with Crippen molar-refractivity contribution in [2.45, 2.75) is 44.4 Å². The first-order chi connectivity index (χ1) is 13.5. The van der Waals surface area contributed by atoms with Crippen molar-refractivity contribution in [1.29, 1.82) is 0 Å². The number of hydrogen-bond donors (Lipinski definition) is 2. The highest BCUT2D eigenvalue weighted by molar-refractivity contribution is 6.06. The van der Waals surface area contributed by atoms with Crippen molar-refractivity contribution >= 4 is 29.7 Å². The number of nitrogens with zero attached hydrogens (tertiary/aromatic N) is 2. The maximum atomic E-state index is 12.9. The van der Waals surface area contributed by atoms with E-state index in [-0.39, 0.29) is 18.7 Å². The number of hydrogen-bond acceptors (Lipinski definition) is 6. The van der Waals surface area contributed by atoms with Crippen LogP contribution < -0.4 is 10.2 Å². The number of amides is 3. The summed E-state index contributed by atoms with van der Waals surface area (Å²) >= 11 is 0. The van der Waals surface area contributed by atoms with Crippen LogP contribution in [0.5, 0.6) is 0 Å². The maximum Gasteiger partial charge on any atom is 0.257 e. The summed E-state index contributed by atoms with van der Waals surface area (Å²) in [7, 11) is 0. The zero-order chi connectivity index (χ0) is 19.8. The molecule has 0 aromatic heterocycles. The lowest BCUT2D eigenvalue weighted by Crippen LogP contribution is -2.53. The highest BCUT2D eigenvalue weighted by Crippen LogP contribution is 2.37. The molecule has 2 fully saturated rings. The van der Waals surface area contributed by atoms with Gasteiger partial charge in [-0.2, -0.15) is 0 Å². The van der Waals surface area contributed by atoms with Gasteiger partial charge in [0.05, 0.1) is 0 Å². The Morgan fingerprint density at radius 3 is 2.57 bits per heavy atom. The number of fused-ring (bicyclic) bond motifs is 1. The Bertz CT molecular complexity index is 831. The molecule has 2 atom stereocenters. The maximum absolute atomic E-state index is 12.9. The normalized spacial score (nSPS) is 25.7. The number of nitrogens with one attached hydrogen (secondary N) is 1. The van der Waals surface area contributed by atoms with Crippen LogP contribution in [-0.4, -0.2) is 53.1 Å². The standard InChI is InChI=1S/C20H23N3O5/c24-10-7-12-5-8-22(9-6-12)13-1-2-14-15(11-13)20(28)23(19(14)27)16-3-4-17(25)21-18(16)26/h1-2,10-12,16,19,27H,3-9H2,(H,21,25,26). The number of imide groups is 1. The Labute approximate surface area is 162 Å². The molecule has 3 amide bonds. The van der Waals surface area contributed by atoms with Gasteiger partial charge in [0.2, 0.25) is 11.8 Å². The number of anilines is 1. The van der Waals surface area contributed by atoms with Gasteiger partial charge in [-0.3, -0.25) is 24.6 Å². The van der Waals surface area contributed by atoms with E-state index >= 15 is 0 Å². The van der Waals surface area contributed by atoms with Gasteiger partial charge in [0.15, 0.2) is 6.23 Å². The predicted molar refractivity (Wildman–Crippen MR) is 99.4 cm³/mol. The lowest BCUT2D eigenvalue weighted by Gasteiger charge is -2.33. The summed E-state index contributed by atoms with van der Waals surface area (Å²) < 4.78 is 0. The Kier molecular flexibility index (Phi) is 4.89. The summed E-state index contributed by atoms with van der Waals surface area (Å²) in [6.45, 7) is 1.62. The third kappa shape index (κ3) is 3.17. The van der Waals surface area contributed by atoms with Crippen molar-refractivity contribution in [1.82, 2.24) is 10.2 Å². The molecular weight excluding hydrogens is 362 g/mol. The molecule has 2 unspecified atom stereocenters. The second kappa shape index (κ2) is 7.35. The van der Waals surface area contributed by atoms with Gasteiger partial charge in [0.25, 0.3) is 5.91 Å². The van der Waals surface area contributed by atoms with Crippen LogP contribution in [-0.2, 0) is 14.4 Å². The Hall–Kier alpha value is -2.74. The first-order valence-corrected chi connectivity index (χ1v) is 9.66. The molecule has 0 aliphatic carbocycles. The predicted octanol–water partition coefficient (Wildman–Crippen LogP) is 0.744. The molecule has 2 saturated heterocycles. The van der Waals surface area contributed by atoms with E-state index < -0.39 is 24.1 Å². The topological polar surface area (TPSA) is 107 Å². The van der Waals surface area contributed by atoms with Crippen LogP contribution in [0.3, 0.4) is 0 Å². The molecule has 1 aromatic carbocycles. The Morgan fingerprint density at radius 1 is 1.14 bits per heavy atom. The monoisotopic (exact) mass is 385 g/mol. The average molecular weight is 385 g/mol. The number of rotatable bonds is 4. The van der Waals surface area contributed by atoms with Gasteiger partial charge >= 0.3 is 0 Å². The fourth-order valence-electron chi connectivity index (χ4n) is 4.37. The van der Waals surface area contributed by atoms with Crippen molar-refractivity contribution in [2.75, 3.05) is 18.0 Å². The molecular formula is C20H23N3O5. The number of aldehydes is 1. The Balaban J connectivity index is 1.53. The van der Waals surface area contributed by atoms with Crippen molar-refractivity contribution in [3.63, 3.8) is 0 Å². The van der Waals surface area contributed by atoms with E-state index in [1.807, 2.05) is 6.07 Å². The lowest BCUT2D eigenvalue weighted by atomic mass is 9.93. The minimum absolute atomic E-state index is 0.143. The van der Waals surface area contributed by atoms with Gasteiger partial charge in [0, 0.05) is 42.7 Å². The number of carbonyl (C=O) groups excluding carboxylic acids is 4. The third-order valence-corrected chi connectivity index (χ3v) is 6.00. The zero-order valence-corrected chi connectivity index (χ0v) is 15.5. The van der Waals surface area contributed by atoms with Gasteiger partial charge in [-0.25, -0.2) is 0 Å². The molecule has 0 spiro atoms. The zero-order valence-electron chi connectivity index (χ0n) is 15.5. The van der Waals surface area contributed by atoms with E-state index in [1.54, 1.807) is 12.1 Å². The summed E-state index contributed by atoms with van der Waals surface area (Å²) in [5.74, 6) is -0.890. The van der Waals surface area contributed by atoms with E-state index in [4.69, 9.17) is 0 Å². The van der Waals surface area contributed by atoms with E-state index in [1.165, 1.54) is 4.90 Å². The quantitative estimate of drug-likeness (QED) is 0.585. The van der Waals surface area contributed by atoms with E-state index in [0.717, 1.165) is 37.9 Å². The molecule has 8 nitrogen and oxygen atoms in total. The van der Waals surface area contributed by atoms with Crippen molar-refractivity contribution in [3.8, 4) is 0 Å². The molecule has 0 saturated carbocycles. The second-order valence-electron chi connectivity index (χ2n) is 7.66. The third-order valence-electron chi connectivity index (χ3n) is 6.00. The van der Waals surface area contributed by atoms with Crippen LogP contribution in [0.25, 0.3) is 0 Å². The van der Waals surface area contributed by atoms with E-state index in [9.17, 15) is 24.3 Å². The van der Waals surface area contributed by atoms with Crippen LogP contribution in [0.4, 0.5) is 5.69 Å². The fourth-order valence-corrected chi connectivity index (χ4v) is 4.37. The minimum atomic E-state index is -1.20. The van der Waals surface area contributed by atoms with E-state index in [0.29, 0.717) is 23.5 Å². The van der Waals surface area contributed by atoms with Crippen LogP contribution in [0.15, 0.2) is 18.2 Å². The molecule has 0 bridgehead atoms. The molecule has 4 rings (SSSR count). The van der Waals surface area contributed by atoms with Gasteiger partial charge in [-0.05, 0) is 37.3 Å². The number of aliphatic hydroxyl groups is 1. The average Bonchev–Trinajstić information content (AvgIpc) is 2.93. The number of benzene rings is 1. The van der Waals surface area contributed by atoms with Crippen molar-refractivity contribution in [2.24, 2.45) is 5.92 Å². The molecule has 3 aliphatic heterocycles.